The first-order valence-corrected chi connectivity index (χ1v) is 32.9. The fourth-order valence-corrected chi connectivity index (χ4v) is 15.3. The lowest BCUT2D eigenvalue weighted by Crippen LogP contribution is -2.13. The number of anilines is 6. The monoisotopic (exact) mass is 1210 g/mol. The molecule has 4 heteroatoms. The predicted molar refractivity (Wildman–Crippen MR) is 398 cm³/mol. The van der Waals surface area contributed by atoms with Gasteiger partial charge in [0.05, 0.1) is 11.4 Å². The molecule has 0 atom stereocenters. The summed E-state index contributed by atoms with van der Waals surface area (Å²) in [6.07, 6.45) is 0. The van der Waals surface area contributed by atoms with Crippen molar-refractivity contribution in [3.8, 4) is 66.8 Å². The molecule has 1 aliphatic rings. The molecule has 0 aliphatic heterocycles. The van der Waals surface area contributed by atoms with Crippen LogP contribution in [0.25, 0.3) is 132 Å². The van der Waals surface area contributed by atoms with Crippen molar-refractivity contribution < 1.29 is 8.83 Å². The van der Waals surface area contributed by atoms with Crippen molar-refractivity contribution >= 4 is 99.5 Å². The summed E-state index contributed by atoms with van der Waals surface area (Å²) in [5, 5.41) is 9.09. The van der Waals surface area contributed by atoms with Crippen LogP contribution in [-0.4, -0.2) is 0 Å². The molecular formula is C90H70N2O2. The highest BCUT2D eigenvalue weighted by atomic mass is 16.3. The van der Waals surface area contributed by atoms with Crippen molar-refractivity contribution in [3.05, 3.63) is 301 Å². The van der Waals surface area contributed by atoms with Crippen molar-refractivity contribution in [2.45, 2.75) is 66.2 Å². The normalized spacial score (nSPS) is 12.3. The van der Waals surface area contributed by atoms with E-state index in [-0.39, 0.29) is 10.8 Å². The molecule has 0 unspecified atom stereocenters. The Hall–Kier alpha value is -11.2. The number of furan rings is 2. The summed E-state index contributed by atoms with van der Waals surface area (Å²) in [4.78, 5) is 4.84. The van der Waals surface area contributed by atoms with E-state index in [2.05, 4.69) is 344 Å². The molecule has 0 amide bonds. The van der Waals surface area contributed by atoms with Crippen molar-refractivity contribution in [2.75, 3.05) is 9.80 Å². The molecule has 16 aromatic rings. The largest absolute Gasteiger partial charge is 0.454 e. The minimum absolute atomic E-state index is 0.131. The summed E-state index contributed by atoms with van der Waals surface area (Å²) in [6, 6.07) is 103. The molecule has 0 saturated heterocycles. The average molecular weight is 1210 g/mol. The van der Waals surface area contributed by atoms with Gasteiger partial charge in [0.15, 0.2) is 11.2 Å². The number of para-hydroxylation sites is 4. The smallest absolute Gasteiger partial charge is 0.159 e. The molecular weight excluding hydrogens is 1140 g/mol. The number of hydrogen-bond acceptors (Lipinski definition) is 4. The summed E-state index contributed by atoms with van der Waals surface area (Å²) in [7, 11) is 0. The van der Waals surface area contributed by atoms with Crippen LogP contribution in [0.3, 0.4) is 0 Å². The zero-order chi connectivity index (χ0) is 63.7. The van der Waals surface area contributed by atoms with Crippen LogP contribution in [0.1, 0.15) is 63.8 Å². The lowest BCUT2D eigenvalue weighted by Gasteiger charge is -2.38. The van der Waals surface area contributed by atoms with Gasteiger partial charge in [0, 0.05) is 55.4 Å². The molecule has 2 heterocycles. The molecule has 452 valence electrons. The third-order valence-electron chi connectivity index (χ3n) is 19.5. The van der Waals surface area contributed by atoms with Crippen molar-refractivity contribution in [1.82, 2.24) is 0 Å². The van der Waals surface area contributed by atoms with Crippen molar-refractivity contribution in [1.29, 1.82) is 0 Å². The fourth-order valence-electron chi connectivity index (χ4n) is 15.3. The quantitative estimate of drug-likeness (QED) is 0.137. The minimum Gasteiger partial charge on any atom is -0.454 e. The van der Waals surface area contributed by atoms with E-state index in [9.17, 15) is 0 Å². The first-order valence-electron chi connectivity index (χ1n) is 32.9. The number of hydrogen-bond donors (Lipinski definition) is 0. The zero-order valence-corrected chi connectivity index (χ0v) is 54.3. The van der Waals surface area contributed by atoms with Crippen LogP contribution in [0.4, 0.5) is 34.1 Å². The predicted octanol–water partition coefficient (Wildman–Crippen LogP) is 26.3. The zero-order valence-electron chi connectivity index (χ0n) is 54.3. The summed E-state index contributed by atoms with van der Waals surface area (Å²) in [5.74, 6) is 0. The Morgan fingerprint density at radius 2 is 0.532 bits per heavy atom. The number of rotatable bonds is 10. The number of aryl methyl sites for hydroxylation is 2. The van der Waals surface area contributed by atoms with Crippen LogP contribution in [0.2, 0.25) is 0 Å². The lowest BCUT2D eigenvalue weighted by atomic mass is 9.65. The van der Waals surface area contributed by atoms with E-state index in [4.69, 9.17) is 8.83 Å². The Kier molecular flexibility index (Phi) is 13.1. The molecule has 2 aromatic heterocycles. The second-order valence-electron chi connectivity index (χ2n) is 27.6. The standard InChI is InChI=1S/C90H70N2O2/c1-55-27-21-37-61(51-55)91(75-45-25-41-69-67-39-23-43-73(89(3,4)5)85(67)93-87(69)75)63-47-49-65-71(53-63)79(59-33-17-11-18-34-59)83-81(77(65)57-29-13-9-14-30-57)82-78(58-31-15-10-16-32-58)66-50-48-64(54-72(66)80(84(82)83)60-35-19-12-20-36-60)92(62-38-22-28-56(2)52-62)76-46-26-42-70-68-40-24-44-74(90(6,7)8)86(68)94-88(70)76/h9-54H,1-8H3. The molecule has 4 nitrogen and oxygen atoms in total. The molecule has 0 fully saturated rings. The highest BCUT2D eigenvalue weighted by Gasteiger charge is 2.39. The summed E-state index contributed by atoms with van der Waals surface area (Å²) < 4.78 is 14.5. The Labute approximate surface area is 549 Å². The highest BCUT2D eigenvalue weighted by Crippen LogP contribution is 2.66. The van der Waals surface area contributed by atoms with Gasteiger partial charge in [-0.15, -0.1) is 0 Å². The van der Waals surface area contributed by atoms with E-state index in [1.54, 1.807) is 0 Å². The molecule has 0 bridgehead atoms. The van der Waals surface area contributed by atoms with E-state index in [0.29, 0.717) is 0 Å². The Morgan fingerprint density at radius 3 is 0.862 bits per heavy atom. The van der Waals surface area contributed by atoms with Gasteiger partial charge in [-0.2, -0.15) is 0 Å². The molecule has 0 radical (unpaired) electrons. The van der Waals surface area contributed by atoms with Gasteiger partial charge < -0.3 is 18.6 Å². The lowest BCUT2D eigenvalue weighted by molar-refractivity contribution is 0.572. The Morgan fingerprint density at radius 1 is 0.234 bits per heavy atom. The van der Waals surface area contributed by atoms with Crippen molar-refractivity contribution in [2.24, 2.45) is 0 Å². The Balaban J connectivity index is 0.995. The maximum absolute atomic E-state index is 7.25. The molecule has 94 heavy (non-hydrogen) atoms. The topological polar surface area (TPSA) is 32.8 Å². The van der Waals surface area contributed by atoms with E-state index < -0.39 is 0 Å². The van der Waals surface area contributed by atoms with Gasteiger partial charge in [0.2, 0.25) is 0 Å². The minimum atomic E-state index is -0.131. The molecule has 1 aliphatic carbocycles. The second-order valence-corrected chi connectivity index (χ2v) is 27.6. The van der Waals surface area contributed by atoms with Gasteiger partial charge in [0.25, 0.3) is 0 Å². The molecule has 17 rings (SSSR count). The van der Waals surface area contributed by atoms with E-state index in [0.717, 1.165) is 111 Å². The third kappa shape index (κ3) is 9.02. The van der Waals surface area contributed by atoms with E-state index >= 15 is 0 Å². The van der Waals surface area contributed by atoms with Crippen LogP contribution in [-0.2, 0) is 10.8 Å². The third-order valence-corrected chi connectivity index (χ3v) is 19.5. The number of nitrogens with zero attached hydrogens (tertiary/aromatic N) is 2. The van der Waals surface area contributed by atoms with Crippen LogP contribution < -0.4 is 9.80 Å². The highest BCUT2D eigenvalue weighted by molar-refractivity contribution is 6.33. The molecule has 0 saturated carbocycles. The number of fused-ring (bicyclic) bond motifs is 12. The van der Waals surface area contributed by atoms with Gasteiger partial charge in [-0.05, 0) is 185 Å². The SMILES string of the molecule is Cc1cccc(N(c2ccc3c(-c4ccccc4)c4c(c(-c5ccccc5)c3c2)-c2c-4c(-c3ccccc3)c3ccc(N(c4cccc(C)c4)c4cccc5c4oc4c(C(C)(C)C)cccc45)cc3c2-c2ccccc2)c2cccc3c2oc2c(C(C)(C)C)cccc23)c1. The second kappa shape index (κ2) is 21.7. The summed E-state index contributed by atoms with van der Waals surface area (Å²) in [6.45, 7) is 18.0. The van der Waals surface area contributed by atoms with E-state index in [1.807, 2.05) is 0 Å². The van der Waals surface area contributed by atoms with Gasteiger partial charge >= 0.3 is 0 Å². The summed E-state index contributed by atoms with van der Waals surface area (Å²) in [5.41, 5.74) is 28.6. The fraction of sp³-hybridized carbons (Fsp3) is 0.111. The molecule has 0 spiro atoms. The molecule has 0 N–H and O–H groups in total. The molecule has 14 aromatic carbocycles. The summed E-state index contributed by atoms with van der Waals surface area (Å²) >= 11 is 0. The van der Waals surface area contributed by atoms with Gasteiger partial charge in [-0.3, -0.25) is 0 Å². The van der Waals surface area contributed by atoms with Gasteiger partial charge in [0.1, 0.15) is 11.2 Å². The maximum atomic E-state index is 7.25. The first-order chi connectivity index (χ1) is 45.8. The Bertz CT molecular complexity index is 5350. The van der Waals surface area contributed by atoms with Gasteiger partial charge in [-0.1, -0.05) is 260 Å². The van der Waals surface area contributed by atoms with Gasteiger partial charge in [-0.25, -0.2) is 0 Å². The van der Waals surface area contributed by atoms with Crippen LogP contribution >= 0.6 is 0 Å². The first kappa shape index (κ1) is 56.8. The van der Waals surface area contributed by atoms with E-state index in [1.165, 1.54) is 77.5 Å². The van der Waals surface area contributed by atoms with Crippen LogP contribution in [0.15, 0.2) is 288 Å². The maximum Gasteiger partial charge on any atom is 0.159 e. The number of benzene rings is 14. The van der Waals surface area contributed by atoms with Crippen LogP contribution in [0, 0.1) is 13.8 Å². The average Bonchev–Trinajstić information content (AvgIpc) is 0.807. The van der Waals surface area contributed by atoms with Crippen LogP contribution in [0.5, 0.6) is 0 Å². The van der Waals surface area contributed by atoms with Crippen molar-refractivity contribution in [3.63, 3.8) is 0 Å².